The number of nitrogens with one attached hydrogen (secondary N) is 1. The molecule has 1 unspecified atom stereocenters. The second-order valence-corrected chi connectivity index (χ2v) is 4.11. The van der Waals surface area contributed by atoms with E-state index in [1.165, 1.54) is 12.8 Å². The molecular formula is C10H18N4. The van der Waals surface area contributed by atoms with Gasteiger partial charge in [-0.1, -0.05) is 0 Å². The molecule has 3 N–H and O–H groups in total. The highest BCUT2D eigenvalue weighted by Crippen LogP contribution is 2.14. The van der Waals surface area contributed by atoms with Gasteiger partial charge in [-0.3, -0.25) is 0 Å². The summed E-state index contributed by atoms with van der Waals surface area (Å²) in [6.45, 7) is 5.18. The average molecular weight is 194 g/mol. The highest BCUT2D eigenvalue weighted by molar-refractivity contribution is 5.30. The Hall–Kier alpha value is -1.03. The number of nitrogen functional groups attached to an aromatic ring is 1. The largest absolute Gasteiger partial charge is 0.384 e. The third kappa shape index (κ3) is 2.07. The maximum absolute atomic E-state index is 5.84. The number of nitrogens with two attached hydrogens (primary N) is 1. The molecule has 1 fully saturated rings. The van der Waals surface area contributed by atoms with Gasteiger partial charge in [-0.15, -0.1) is 0 Å². The minimum absolute atomic E-state index is 0.686. The molecule has 2 heterocycles. The first kappa shape index (κ1) is 9.52. The molecule has 1 aliphatic rings. The van der Waals surface area contributed by atoms with Crippen LogP contribution in [0, 0.1) is 12.8 Å². The fourth-order valence-electron chi connectivity index (χ4n) is 2.04. The molecule has 0 bridgehead atoms. The molecule has 78 valence electrons. The van der Waals surface area contributed by atoms with Crippen LogP contribution in [0.4, 0.5) is 5.82 Å². The molecule has 0 aromatic carbocycles. The molecule has 0 radical (unpaired) electrons. The lowest BCUT2D eigenvalue weighted by atomic mass is 10.00. The van der Waals surface area contributed by atoms with E-state index in [0.717, 1.165) is 31.1 Å². The van der Waals surface area contributed by atoms with Crippen LogP contribution < -0.4 is 11.1 Å². The Bertz CT molecular complexity index is 299. The van der Waals surface area contributed by atoms with E-state index < -0.39 is 0 Å². The lowest BCUT2D eigenvalue weighted by Gasteiger charge is -2.22. The minimum atomic E-state index is 0.686. The highest BCUT2D eigenvalue weighted by Gasteiger charge is 2.14. The van der Waals surface area contributed by atoms with Crippen LogP contribution >= 0.6 is 0 Å². The van der Waals surface area contributed by atoms with Crippen LogP contribution in [0.5, 0.6) is 0 Å². The minimum Gasteiger partial charge on any atom is -0.384 e. The van der Waals surface area contributed by atoms with Gasteiger partial charge in [-0.05, 0) is 38.8 Å². The van der Waals surface area contributed by atoms with Gasteiger partial charge in [0.25, 0.3) is 0 Å². The van der Waals surface area contributed by atoms with E-state index in [1.807, 2.05) is 17.7 Å². The first-order valence-electron chi connectivity index (χ1n) is 5.26. The number of aromatic nitrogens is 2. The molecule has 0 spiro atoms. The normalized spacial score (nSPS) is 22.5. The van der Waals surface area contributed by atoms with E-state index in [2.05, 4.69) is 10.4 Å². The van der Waals surface area contributed by atoms with Crippen molar-refractivity contribution in [1.29, 1.82) is 0 Å². The average Bonchev–Trinajstić information content (AvgIpc) is 2.47. The van der Waals surface area contributed by atoms with Gasteiger partial charge < -0.3 is 11.1 Å². The monoisotopic (exact) mass is 194 g/mol. The SMILES string of the molecule is Cc1cc(N)n(CC2CCCNC2)n1. The zero-order valence-corrected chi connectivity index (χ0v) is 8.66. The first-order chi connectivity index (χ1) is 6.75. The number of nitrogens with zero attached hydrogens (tertiary/aromatic N) is 2. The molecule has 0 aliphatic carbocycles. The van der Waals surface area contributed by atoms with E-state index in [0.29, 0.717) is 5.92 Å². The Balaban J connectivity index is 1.98. The van der Waals surface area contributed by atoms with Crippen LogP contribution in [-0.2, 0) is 6.54 Å². The zero-order chi connectivity index (χ0) is 9.97. The summed E-state index contributed by atoms with van der Waals surface area (Å²) >= 11 is 0. The van der Waals surface area contributed by atoms with Crippen molar-refractivity contribution in [2.45, 2.75) is 26.3 Å². The fraction of sp³-hybridized carbons (Fsp3) is 0.700. The molecule has 1 aliphatic heterocycles. The van der Waals surface area contributed by atoms with Gasteiger partial charge >= 0.3 is 0 Å². The summed E-state index contributed by atoms with van der Waals surface area (Å²) in [5, 5.41) is 7.77. The number of rotatable bonds is 2. The molecule has 0 amide bonds. The predicted octanol–water partition coefficient (Wildman–Crippen LogP) is 0.773. The summed E-state index contributed by atoms with van der Waals surface area (Å²) in [5.41, 5.74) is 6.84. The van der Waals surface area contributed by atoms with Crippen LogP contribution in [0.3, 0.4) is 0 Å². The van der Waals surface area contributed by atoms with Gasteiger partial charge in [0.2, 0.25) is 0 Å². The van der Waals surface area contributed by atoms with Gasteiger partial charge in [0.05, 0.1) is 5.69 Å². The third-order valence-corrected chi connectivity index (χ3v) is 2.76. The Morgan fingerprint density at radius 3 is 3.14 bits per heavy atom. The van der Waals surface area contributed by atoms with E-state index in [1.54, 1.807) is 0 Å². The summed E-state index contributed by atoms with van der Waals surface area (Å²) in [7, 11) is 0. The summed E-state index contributed by atoms with van der Waals surface area (Å²) in [5.74, 6) is 1.47. The number of hydrogen-bond donors (Lipinski definition) is 2. The molecular weight excluding hydrogens is 176 g/mol. The van der Waals surface area contributed by atoms with E-state index in [-0.39, 0.29) is 0 Å². The van der Waals surface area contributed by atoms with Gasteiger partial charge in [0.15, 0.2) is 0 Å². The Morgan fingerprint density at radius 1 is 1.71 bits per heavy atom. The fourth-order valence-corrected chi connectivity index (χ4v) is 2.04. The quantitative estimate of drug-likeness (QED) is 0.731. The van der Waals surface area contributed by atoms with Crippen LogP contribution in [0.15, 0.2) is 6.07 Å². The van der Waals surface area contributed by atoms with Crippen molar-refractivity contribution in [3.05, 3.63) is 11.8 Å². The van der Waals surface area contributed by atoms with Crippen LogP contribution in [0.2, 0.25) is 0 Å². The highest BCUT2D eigenvalue weighted by atomic mass is 15.3. The molecule has 0 saturated carbocycles. The van der Waals surface area contributed by atoms with Crippen molar-refractivity contribution in [3.8, 4) is 0 Å². The molecule has 14 heavy (non-hydrogen) atoms. The lowest BCUT2D eigenvalue weighted by molar-refractivity contribution is 0.327. The van der Waals surface area contributed by atoms with E-state index >= 15 is 0 Å². The van der Waals surface area contributed by atoms with E-state index in [4.69, 9.17) is 5.73 Å². The topological polar surface area (TPSA) is 55.9 Å². The van der Waals surface area contributed by atoms with Crippen molar-refractivity contribution < 1.29 is 0 Å². The van der Waals surface area contributed by atoms with Crippen LogP contribution in [-0.4, -0.2) is 22.9 Å². The standard InChI is InChI=1S/C10H18N4/c1-8-5-10(11)14(13-8)7-9-3-2-4-12-6-9/h5,9,12H,2-4,6-7,11H2,1H3. The Kier molecular flexibility index (Phi) is 2.72. The molecule has 1 aromatic rings. The molecule has 1 atom stereocenters. The van der Waals surface area contributed by atoms with Crippen molar-refractivity contribution in [2.75, 3.05) is 18.8 Å². The number of anilines is 1. The molecule has 1 saturated heterocycles. The molecule has 4 heteroatoms. The summed E-state index contributed by atoms with van der Waals surface area (Å²) in [6.07, 6.45) is 2.55. The predicted molar refractivity (Wildman–Crippen MR) is 57.0 cm³/mol. The summed E-state index contributed by atoms with van der Waals surface area (Å²) in [4.78, 5) is 0. The van der Waals surface area contributed by atoms with Crippen molar-refractivity contribution in [3.63, 3.8) is 0 Å². The summed E-state index contributed by atoms with van der Waals surface area (Å²) < 4.78 is 1.92. The first-order valence-corrected chi connectivity index (χ1v) is 5.26. The van der Waals surface area contributed by atoms with E-state index in [9.17, 15) is 0 Å². The number of hydrogen-bond acceptors (Lipinski definition) is 3. The van der Waals surface area contributed by atoms with Gasteiger partial charge in [-0.25, -0.2) is 4.68 Å². The second-order valence-electron chi connectivity index (χ2n) is 4.11. The second kappa shape index (κ2) is 4.00. The van der Waals surface area contributed by atoms with Crippen molar-refractivity contribution in [1.82, 2.24) is 15.1 Å². The number of piperidine rings is 1. The third-order valence-electron chi connectivity index (χ3n) is 2.76. The summed E-state index contributed by atoms with van der Waals surface area (Å²) in [6, 6.07) is 1.93. The zero-order valence-electron chi connectivity index (χ0n) is 8.66. The Labute approximate surface area is 84.5 Å². The van der Waals surface area contributed by atoms with Gasteiger partial charge in [0, 0.05) is 12.6 Å². The molecule has 2 rings (SSSR count). The Morgan fingerprint density at radius 2 is 2.57 bits per heavy atom. The lowest BCUT2D eigenvalue weighted by Crippen LogP contribution is -2.32. The van der Waals surface area contributed by atoms with Crippen molar-refractivity contribution in [2.24, 2.45) is 5.92 Å². The van der Waals surface area contributed by atoms with Crippen molar-refractivity contribution >= 4 is 5.82 Å². The van der Waals surface area contributed by atoms with Crippen LogP contribution in [0.1, 0.15) is 18.5 Å². The smallest absolute Gasteiger partial charge is 0.121 e. The van der Waals surface area contributed by atoms with Gasteiger partial charge in [0.1, 0.15) is 5.82 Å². The van der Waals surface area contributed by atoms with Gasteiger partial charge in [-0.2, -0.15) is 5.10 Å². The molecule has 1 aromatic heterocycles. The van der Waals surface area contributed by atoms with Crippen LogP contribution in [0.25, 0.3) is 0 Å². The maximum atomic E-state index is 5.84. The number of aryl methyl sites for hydroxylation is 1. The molecule has 4 nitrogen and oxygen atoms in total. The maximum Gasteiger partial charge on any atom is 0.121 e.